The second-order valence-electron chi connectivity index (χ2n) is 5.73. The van der Waals surface area contributed by atoms with Gasteiger partial charge in [-0.15, -0.1) is 0 Å². The summed E-state index contributed by atoms with van der Waals surface area (Å²) in [4.78, 5) is 21.7. The van der Waals surface area contributed by atoms with Crippen molar-refractivity contribution < 1.29 is 13.2 Å². The third-order valence-corrected chi connectivity index (χ3v) is 6.91. The van der Waals surface area contributed by atoms with E-state index in [1.807, 2.05) is 13.0 Å². The van der Waals surface area contributed by atoms with Gasteiger partial charge in [-0.05, 0) is 31.5 Å². The fourth-order valence-corrected chi connectivity index (χ4v) is 5.57. The summed E-state index contributed by atoms with van der Waals surface area (Å²) < 4.78 is 23.2. The van der Waals surface area contributed by atoms with Crippen LogP contribution in [0.15, 0.2) is 23.4 Å². The summed E-state index contributed by atoms with van der Waals surface area (Å²) in [5.74, 6) is 0.389. The van der Waals surface area contributed by atoms with Crippen LogP contribution < -0.4 is 0 Å². The number of carbonyl (C=O) groups is 1. The number of halogens is 1. The third kappa shape index (κ3) is 3.87. The molecule has 1 aliphatic heterocycles. The first-order valence-corrected chi connectivity index (χ1v) is 10.8. The van der Waals surface area contributed by atoms with Crippen molar-refractivity contribution in [3.63, 3.8) is 0 Å². The van der Waals surface area contributed by atoms with Crippen molar-refractivity contribution >= 4 is 50.1 Å². The molecule has 1 atom stereocenters. The van der Waals surface area contributed by atoms with Crippen molar-refractivity contribution in [2.75, 3.05) is 23.8 Å². The smallest absolute Gasteiger partial charge is 0.233 e. The van der Waals surface area contributed by atoms with E-state index in [0.29, 0.717) is 23.1 Å². The van der Waals surface area contributed by atoms with E-state index < -0.39 is 9.84 Å². The molecule has 0 spiro atoms. The van der Waals surface area contributed by atoms with Gasteiger partial charge in [-0.1, -0.05) is 23.4 Å². The highest BCUT2D eigenvalue weighted by Gasteiger charge is 2.33. The zero-order valence-electron chi connectivity index (χ0n) is 13.2. The van der Waals surface area contributed by atoms with Gasteiger partial charge in [-0.25, -0.2) is 13.4 Å². The number of rotatable bonds is 5. The lowest BCUT2D eigenvalue weighted by atomic mass is 10.2. The van der Waals surface area contributed by atoms with Crippen molar-refractivity contribution in [2.24, 2.45) is 0 Å². The molecule has 0 aliphatic carbocycles. The molecule has 0 unspecified atom stereocenters. The number of amides is 1. The number of hydrogen-bond donors (Lipinski definition) is 1. The molecule has 3 rings (SSSR count). The molecule has 0 bridgehead atoms. The molecule has 1 aliphatic rings. The van der Waals surface area contributed by atoms with Gasteiger partial charge < -0.3 is 9.88 Å². The quantitative estimate of drug-likeness (QED) is 0.796. The van der Waals surface area contributed by atoms with Gasteiger partial charge in [-0.3, -0.25) is 4.79 Å². The summed E-state index contributed by atoms with van der Waals surface area (Å²) in [6.45, 7) is 2.38. The number of H-pyrrole nitrogens is 1. The first kappa shape index (κ1) is 17.6. The molecular formula is C15H18ClN3O3S2. The van der Waals surface area contributed by atoms with E-state index in [1.165, 1.54) is 11.8 Å². The lowest BCUT2D eigenvalue weighted by Gasteiger charge is -2.26. The Kier molecular flexibility index (Phi) is 5.08. The standard InChI is InChI=1S/C15H18ClN3O3S2/c1-2-19(11-5-6-24(21,22)9-11)14(20)8-23-15-17-12-4-3-10(16)7-13(12)18-15/h3-4,7,11H,2,5-6,8-9H2,1H3,(H,17,18)/t11-/m1/s1. The molecule has 1 saturated heterocycles. The van der Waals surface area contributed by atoms with Crippen LogP contribution >= 0.6 is 23.4 Å². The number of sulfone groups is 1. The molecular weight excluding hydrogens is 370 g/mol. The van der Waals surface area contributed by atoms with Crippen LogP contribution in [0.5, 0.6) is 0 Å². The van der Waals surface area contributed by atoms with Crippen molar-refractivity contribution in [1.82, 2.24) is 14.9 Å². The van der Waals surface area contributed by atoms with Gasteiger partial charge in [0, 0.05) is 17.6 Å². The highest BCUT2D eigenvalue weighted by atomic mass is 35.5. The molecule has 0 saturated carbocycles. The minimum Gasteiger partial charge on any atom is -0.338 e. The largest absolute Gasteiger partial charge is 0.338 e. The summed E-state index contributed by atoms with van der Waals surface area (Å²) >= 11 is 7.26. The van der Waals surface area contributed by atoms with E-state index in [1.54, 1.807) is 17.0 Å². The second kappa shape index (κ2) is 6.93. The number of carbonyl (C=O) groups excluding carboxylic acids is 1. The van der Waals surface area contributed by atoms with E-state index in [2.05, 4.69) is 9.97 Å². The molecule has 2 aromatic rings. The van der Waals surface area contributed by atoms with Crippen molar-refractivity contribution in [2.45, 2.75) is 24.5 Å². The summed E-state index contributed by atoms with van der Waals surface area (Å²) in [5, 5.41) is 1.27. The lowest BCUT2D eigenvalue weighted by Crippen LogP contribution is -2.41. The van der Waals surface area contributed by atoms with Crippen LogP contribution in [0.4, 0.5) is 0 Å². The summed E-state index contributed by atoms with van der Waals surface area (Å²) in [7, 11) is -3.00. The van der Waals surface area contributed by atoms with Gasteiger partial charge in [0.1, 0.15) is 0 Å². The molecule has 0 radical (unpaired) electrons. The monoisotopic (exact) mass is 387 g/mol. The van der Waals surface area contributed by atoms with E-state index in [-0.39, 0.29) is 29.2 Å². The molecule has 1 N–H and O–H groups in total. The maximum Gasteiger partial charge on any atom is 0.233 e. The Morgan fingerprint density at radius 2 is 2.29 bits per heavy atom. The molecule has 2 heterocycles. The van der Waals surface area contributed by atoms with Gasteiger partial charge in [0.05, 0.1) is 28.3 Å². The SMILES string of the molecule is CCN(C(=O)CSc1nc2ccc(Cl)cc2[nH]1)[C@@H]1CCS(=O)(=O)C1. The maximum atomic E-state index is 12.5. The van der Waals surface area contributed by atoms with E-state index in [4.69, 9.17) is 11.6 Å². The molecule has 1 aromatic carbocycles. The number of aromatic nitrogens is 2. The number of imidazole rings is 1. The second-order valence-corrected chi connectivity index (χ2v) is 9.36. The molecule has 1 amide bonds. The molecule has 1 fully saturated rings. The Bertz CT molecular complexity index is 866. The number of hydrogen-bond acceptors (Lipinski definition) is 5. The van der Waals surface area contributed by atoms with Crippen LogP contribution in [0.3, 0.4) is 0 Å². The Morgan fingerprint density at radius 1 is 1.50 bits per heavy atom. The molecule has 1 aromatic heterocycles. The van der Waals surface area contributed by atoms with Crippen LogP contribution in [-0.4, -0.2) is 59.0 Å². The van der Waals surface area contributed by atoms with Crippen LogP contribution in [0.25, 0.3) is 11.0 Å². The van der Waals surface area contributed by atoms with Gasteiger partial charge >= 0.3 is 0 Å². The zero-order valence-corrected chi connectivity index (χ0v) is 15.5. The zero-order chi connectivity index (χ0) is 17.3. The highest BCUT2D eigenvalue weighted by Crippen LogP contribution is 2.24. The predicted molar refractivity (Wildman–Crippen MR) is 96.3 cm³/mol. The fourth-order valence-electron chi connectivity index (χ4n) is 2.90. The van der Waals surface area contributed by atoms with Crippen LogP contribution in [-0.2, 0) is 14.6 Å². The van der Waals surface area contributed by atoms with Crippen LogP contribution in [0, 0.1) is 0 Å². The molecule has 9 heteroatoms. The summed E-state index contributed by atoms with van der Waals surface area (Å²) in [6.07, 6.45) is 0.524. The Balaban J connectivity index is 1.64. The summed E-state index contributed by atoms with van der Waals surface area (Å²) in [5.41, 5.74) is 1.62. The number of benzene rings is 1. The number of nitrogens with zero attached hydrogens (tertiary/aromatic N) is 2. The third-order valence-electron chi connectivity index (χ3n) is 4.06. The van der Waals surface area contributed by atoms with Gasteiger partial charge in [-0.2, -0.15) is 0 Å². The average molecular weight is 388 g/mol. The average Bonchev–Trinajstić information content (AvgIpc) is 3.08. The topological polar surface area (TPSA) is 83.1 Å². The van der Waals surface area contributed by atoms with Crippen molar-refractivity contribution in [3.05, 3.63) is 23.2 Å². The number of thioether (sulfide) groups is 1. The molecule has 130 valence electrons. The minimum absolute atomic E-state index is 0.0666. The highest BCUT2D eigenvalue weighted by molar-refractivity contribution is 7.99. The van der Waals surface area contributed by atoms with E-state index in [9.17, 15) is 13.2 Å². The van der Waals surface area contributed by atoms with E-state index in [0.717, 1.165) is 11.0 Å². The number of fused-ring (bicyclic) bond motifs is 1. The normalized spacial score (nSPS) is 19.7. The first-order valence-electron chi connectivity index (χ1n) is 7.66. The minimum atomic E-state index is -3.00. The number of nitrogens with one attached hydrogen (secondary N) is 1. The predicted octanol–water partition coefficient (Wildman–Crippen LogP) is 2.34. The van der Waals surface area contributed by atoms with Gasteiger partial charge in [0.15, 0.2) is 15.0 Å². The fraction of sp³-hybridized carbons (Fsp3) is 0.467. The Morgan fingerprint density at radius 3 is 2.96 bits per heavy atom. The first-order chi connectivity index (χ1) is 11.4. The Hall–Kier alpha value is -1.25. The van der Waals surface area contributed by atoms with Gasteiger partial charge in [0.2, 0.25) is 5.91 Å². The van der Waals surface area contributed by atoms with Crippen molar-refractivity contribution in [1.29, 1.82) is 0 Å². The molecule has 24 heavy (non-hydrogen) atoms. The number of aromatic amines is 1. The maximum absolute atomic E-state index is 12.5. The molecule has 6 nitrogen and oxygen atoms in total. The van der Waals surface area contributed by atoms with E-state index >= 15 is 0 Å². The van der Waals surface area contributed by atoms with Crippen LogP contribution in [0.1, 0.15) is 13.3 Å². The van der Waals surface area contributed by atoms with Gasteiger partial charge in [0.25, 0.3) is 0 Å². The Labute approximate surface area is 149 Å². The summed E-state index contributed by atoms with van der Waals surface area (Å²) in [6, 6.07) is 5.17. The van der Waals surface area contributed by atoms with Crippen LogP contribution in [0.2, 0.25) is 5.02 Å². The van der Waals surface area contributed by atoms with Crippen molar-refractivity contribution in [3.8, 4) is 0 Å². The lowest BCUT2D eigenvalue weighted by molar-refractivity contribution is -0.129.